The van der Waals surface area contributed by atoms with Crippen LogP contribution in [-0.2, 0) is 13.0 Å². The van der Waals surface area contributed by atoms with E-state index in [0.717, 1.165) is 50.6 Å². The van der Waals surface area contributed by atoms with Gasteiger partial charge in [-0.3, -0.25) is 0 Å². The van der Waals surface area contributed by atoms with E-state index in [1.165, 1.54) is 30.5 Å². The minimum Gasteiger partial charge on any atom is -0.303 e. The zero-order chi connectivity index (χ0) is 17.6. The lowest BCUT2D eigenvalue weighted by Crippen LogP contribution is -2.38. The fraction of sp³-hybridized carbons (Fsp3) is 0.500. The summed E-state index contributed by atoms with van der Waals surface area (Å²) in [6.45, 7) is 5.29. The van der Waals surface area contributed by atoms with Gasteiger partial charge in [-0.15, -0.1) is 0 Å². The minimum absolute atomic E-state index is 0.745. The normalized spacial score (nSPS) is 16.6. The van der Waals surface area contributed by atoms with Crippen LogP contribution in [0.4, 0.5) is 8.78 Å². The van der Waals surface area contributed by atoms with Crippen molar-refractivity contribution in [3.63, 3.8) is 0 Å². The summed E-state index contributed by atoms with van der Waals surface area (Å²) >= 11 is 1.76. The fourth-order valence-electron chi connectivity index (χ4n) is 3.57. The van der Waals surface area contributed by atoms with Gasteiger partial charge in [0.05, 0.1) is 0 Å². The number of piperidine rings is 1. The molecule has 25 heavy (non-hydrogen) atoms. The second-order valence-electron chi connectivity index (χ2n) is 7.11. The number of hydrogen-bond acceptors (Lipinski definition) is 3. The molecule has 1 fully saturated rings. The lowest BCUT2D eigenvalue weighted by atomic mass is 9.96. The summed E-state index contributed by atoms with van der Waals surface area (Å²) in [5.41, 5.74) is 2.27. The molecule has 0 radical (unpaired) electrons. The Labute approximate surface area is 153 Å². The van der Waals surface area contributed by atoms with Crippen LogP contribution in [0.2, 0.25) is 0 Å². The first-order valence-corrected chi connectivity index (χ1v) is 9.90. The predicted octanol–water partition coefficient (Wildman–Crippen LogP) is 4.41. The van der Waals surface area contributed by atoms with Crippen LogP contribution >= 0.6 is 11.3 Å². The quantitative estimate of drug-likeness (QED) is 0.718. The average molecular weight is 365 g/mol. The molecule has 0 atom stereocenters. The molecule has 1 aliphatic heterocycles. The topological polar surface area (TPSA) is 6.48 Å². The van der Waals surface area contributed by atoms with E-state index in [1.807, 2.05) is 0 Å². The molecule has 136 valence electrons. The zero-order valence-corrected chi connectivity index (χ0v) is 15.6. The Bertz CT molecular complexity index is 652. The highest BCUT2D eigenvalue weighted by atomic mass is 32.1. The molecule has 2 nitrogen and oxygen atoms in total. The Kier molecular flexibility index (Phi) is 6.57. The summed E-state index contributed by atoms with van der Waals surface area (Å²) in [6, 6.07) is 6.42. The van der Waals surface area contributed by atoms with Gasteiger partial charge in [0.15, 0.2) is 11.6 Å². The summed E-state index contributed by atoms with van der Waals surface area (Å²) < 4.78 is 26.2. The van der Waals surface area contributed by atoms with Crippen LogP contribution < -0.4 is 0 Å². The summed E-state index contributed by atoms with van der Waals surface area (Å²) in [4.78, 5) is 4.86. The van der Waals surface area contributed by atoms with Crippen LogP contribution in [-0.4, -0.2) is 43.0 Å². The molecule has 1 aliphatic rings. The first-order chi connectivity index (χ1) is 12.1. The average Bonchev–Trinajstić information content (AvgIpc) is 3.10. The van der Waals surface area contributed by atoms with E-state index in [0.29, 0.717) is 0 Å². The number of nitrogens with zero attached hydrogens (tertiary/aromatic N) is 2. The van der Waals surface area contributed by atoms with Crippen molar-refractivity contribution in [2.75, 3.05) is 33.2 Å². The molecule has 1 aromatic heterocycles. The van der Waals surface area contributed by atoms with E-state index in [9.17, 15) is 8.78 Å². The lowest BCUT2D eigenvalue weighted by molar-refractivity contribution is 0.153. The summed E-state index contributed by atoms with van der Waals surface area (Å²) in [6.07, 6.45) is 3.21. The number of rotatable bonds is 7. The molecule has 2 aromatic rings. The number of halogens is 2. The largest absolute Gasteiger partial charge is 0.303 e. The first-order valence-electron chi connectivity index (χ1n) is 8.96. The number of benzene rings is 1. The Morgan fingerprint density at radius 3 is 2.60 bits per heavy atom. The SMILES string of the molecule is CN(Cc1ccsc1)CC1CCN(CCc2ccc(F)c(F)c2)CC1. The van der Waals surface area contributed by atoms with E-state index in [-0.39, 0.29) is 0 Å². The van der Waals surface area contributed by atoms with Gasteiger partial charge < -0.3 is 9.80 Å². The molecule has 0 aliphatic carbocycles. The molecule has 5 heteroatoms. The zero-order valence-electron chi connectivity index (χ0n) is 14.8. The molecule has 0 spiro atoms. The third-order valence-electron chi connectivity index (χ3n) is 5.01. The van der Waals surface area contributed by atoms with Crippen LogP contribution in [0.25, 0.3) is 0 Å². The van der Waals surface area contributed by atoms with Crippen molar-refractivity contribution in [1.29, 1.82) is 0 Å². The third-order valence-corrected chi connectivity index (χ3v) is 5.74. The number of hydrogen-bond donors (Lipinski definition) is 0. The fourth-order valence-corrected chi connectivity index (χ4v) is 4.23. The molecule has 0 N–H and O–H groups in total. The maximum Gasteiger partial charge on any atom is 0.159 e. The van der Waals surface area contributed by atoms with Gasteiger partial charge in [0.2, 0.25) is 0 Å². The maximum atomic E-state index is 13.3. The second-order valence-corrected chi connectivity index (χ2v) is 7.89. The van der Waals surface area contributed by atoms with Crippen LogP contribution in [0.5, 0.6) is 0 Å². The van der Waals surface area contributed by atoms with E-state index >= 15 is 0 Å². The van der Waals surface area contributed by atoms with Crippen LogP contribution in [0.1, 0.15) is 24.0 Å². The molecule has 0 unspecified atom stereocenters. The summed E-state index contributed by atoms with van der Waals surface area (Å²) in [7, 11) is 2.20. The van der Waals surface area contributed by atoms with Crippen molar-refractivity contribution in [2.24, 2.45) is 5.92 Å². The molecule has 0 bridgehead atoms. The molecular weight excluding hydrogens is 338 g/mol. The van der Waals surface area contributed by atoms with Crippen molar-refractivity contribution < 1.29 is 8.78 Å². The summed E-state index contributed by atoms with van der Waals surface area (Å²) in [5.74, 6) is -0.760. The highest BCUT2D eigenvalue weighted by Crippen LogP contribution is 2.20. The lowest BCUT2D eigenvalue weighted by Gasteiger charge is -2.34. The minimum atomic E-state index is -0.767. The Balaban J connectivity index is 1.37. The Morgan fingerprint density at radius 2 is 1.92 bits per heavy atom. The van der Waals surface area contributed by atoms with Crippen molar-refractivity contribution in [1.82, 2.24) is 9.80 Å². The molecular formula is C20H26F2N2S. The monoisotopic (exact) mass is 364 g/mol. The van der Waals surface area contributed by atoms with Gasteiger partial charge in [0.1, 0.15) is 0 Å². The molecule has 1 aromatic carbocycles. The van der Waals surface area contributed by atoms with Gasteiger partial charge in [-0.2, -0.15) is 11.3 Å². The van der Waals surface area contributed by atoms with Crippen molar-refractivity contribution in [3.05, 3.63) is 57.8 Å². The highest BCUT2D eigenvalue weighted by Gasteiger charge is 2.20. The highest BCUT2D eigenvalue weighted by molar-refractivity contribution is 7.07. The van der Waals surface area contributed by atoms with Crippen LogP contribution in [0, 0.1) is 17.6 Å². The van der Waals surface area contributed by atoms with E-state index in [1.54, 1.807) is 17.4 Å². The predicted molar refractivity (Wildman–Crippen MR) is 99.9 cm³/mol. The standard InChI is InChI=1S/C20H26F2N2S/c1-23(14-18-7-11-25-15-18)13-17-5-9-24(10-6-17)8-4-16-2-3-19(21)20(22)12-16/h2-3,7,11-12,15,17H,4-6,8-10,13-14H2,1H3. The van der Waals surface area contributed by atoms with Gasteiger partial charge in [-0.1, -0.05) is 6.07 Å². The Hall–Kier alpha value is -1.30. The molecule has 0 amide bonds. The van der Waals surface area contributed by atoms with Gasteiger partial charge in [-0.25, -0.2) is 8.78 Å². The van der Waals surface area contributed by atoms with Crippen molar-refractivity contribution in [2.45, 2.75) is 25.8 Å². The third kappa shape index (κ3) is 5.59. The van der Waals surface area contributed by atoms with E-state index < -0.39 is 11.6 Å². The van der Waals surface area contributed by atoms with Gasteiger partial charge >= 0.3 is 0 Å². The molecule has 2 heterocycles. The smallest absolute Gasteiger partial charge is 0.159 e. The van der Waals surface area contributed by atoms with E-state index in [4.69, 9.17) is 0 Å². The maximum absolute atomic E-state index is 13.3. The van der Waals surface area contributed by atoms with Crippen molar-refractivity contribution in [3.8, 4) is 0 Å². The van der Waals surface area contributed by atoms with Gasteiger partial charge in [-0.05, 0) is 85.4 Å². The molecule has 1 saturated heterocycles. The van der Waals surface area contributed by atoms with E-state index in [2.05, 4.69) is 33.7 Å². The number of thiophene rings is 1. The first kappa shape index (κ1) is 18.5. The van der Waals surface area contributed by atoms with Crippen molar-refractivity contribution >= 4 is 11.3 Å². The Morgan fingerprint density at radius 1 is 1.12 bits per heavy atom. The summed E-state index contributed by atoms with van der Waals surface area (Å²) in [5, 5.41) is 4.35. The molecule has 0 saturated carbocycles. The molecule has 3 rings (SSSR count). The van der Waals surface area contributed by atoms with Gasteiger partial charge in [0.25, 0.3) is 0 Å². The number of likely N-dealkylation sites (tertiary alicyclic amines) is 1. The van der Waals surface area contributed by atoms with Crippen LogP contribution in [0.3, 0.4) is 0 Å². The van der Waals surface area contributed by atoms with Crippen LogP contribution in [0.15, 0.2) is 35.0 Å². The second kappa shape index (κ2) is 8.88. The van der Waals surface area contributed by atoms with Gasteiger partial charge in [0, 0.05) is 19.6 Å².